The van der Waals surface area contributed by atoms with E-state index in [1.165, 1.54) is 31.0 Å². The summed E-state index contributed by atoms with van der Waals surface area (Å²) in [6.45, 7) is 13.2. The minimum Gasteiger partial charge on any atom is -0.461 e. The lowest BCUT2D eigenvalue weighted by Crippen LogP contribution is -2.63. The van der Waals surface area contributed by atoms with Crippen molar-refractivity contribution in [3.63, 3.8) is 0 Å². The average molecular weight is 685 g/mol. The van der Waals surface area contributed by atoms with Gasteiger partial charge < -0.3 is 34.5 Å². The second kappa shape index (κ2) is 15.6. The molecule has 3 aromatic heterocycles. The molecule has 0 unspecified atom stereocenters. The number of carbonyl (C=O) groups excluding carboxylic acids is 1. The summed E-state index contributed by atoms with van der Waals surface area (Å²) in [6.07, 6.45) is 10.2. The zero-order valence-electron chi connectivity index (χ0n) is 30.4. The highest BCUT2D eigenvalue weighted by molar-refractivity contribution is 5.75. The first-order valence-corrected chi connectivity index (χ1v) is 17.9. The van der Waals surface area contributed by atoms with E-state index in [1.54, 1.807) is 24.0 Å². The van der Waals surface area contributed by atoms with Gasteiger partial charge in [0, 0.05) is 88.5 Å². The van der Waals surface area contributed by atoms with Crippen molar-refractivity contribution in [1.82, 2.24) is 24.3 Å². The molecule has 6 rings (SSSR count). The van der Waals surface area contributed by atoms with Crippen LogP contribution in [0.3, 0.4) is 0 Å². The van der Waals surface area contributed by atoms with Crippen LogP contribution >= 0.6 is 0 Å². The Bertz CT molecular complexity index is 1750. The number of esters is 1. The molecule has 0 bridgehead atoms. The van der Waals surface area contributed by atoms with Gasteiger partial charge in [-0.25, -0.2) is 9.97 Å². The SMILES string of the molecule is CC(=O)OCc1c(-c2cc(Nc3ccc(N4C[C@@H](C)N(C5COC5)C[C@@H]4C)cn3)c(=O)n(C)c2)ccnc1NCCN(C)C1=C(C)CCCC1. The number of aromatic nitrogens is 3. The molecule has 3 aromatic rings. The largest absolute Gasteiger partial charge is 0.461 e. The summed E-state index contributed by atoms with van der Waals surface area (Å²) >= 11 is 0. The molecular weight excluding hydrogens is 632 g/mol. The molecule has 0 aromatic carbocycles. The van der Waals surface area contributed by atoms with E-state index >= 15 is 0 Å². The van der Waals surface area contributed by atoms with E-state index in [4.69, 9.17) is 14.5 Å². The molecule has 1 aliphatic carbocycles. The normalized spacial score (nSPS) is 20.0. The summed E-state index contributed by atoms with van der Waals surface area (Å²) in [6, 6.07) is 8.99. The number of nitrogens with zero attached hydrogens (tertiary/aromatic N) is 6. The second-order valence-electron chi connectivity index (χ2n) is 14.1. The summed E-state index contributed by atoms with van der Waals surface area (Å²) in [4.78, 5) is 41.9. The van der Waals surface area contributed by atoms with E-state index in [0.717, 1.165) is 68.1 Å². The minimum absolute atomic E-state index is 0.0509. The van der Waals surface area contributed by atoms with Gasteiger partial charge in [0.15, 0.2) is 0 Å². The fourth-order valence-electron chi connectivity index (χ4n) is 7.42. The number of ether oxygens (including phenoxy) is 2. The maximum absolute atomic E-state index is 13.3. The van der Waals surface area contributed by atoms with Crippen LogP contribution in [0.5, 0.6) is 0 Å². The molecule has 2 atom stereocenters. The van der Waals surface area contributed by atoms with Crippen LogP contribution in [0.1, 0.15) is 58.9 Å². The number of anilines is 4. The van der Waals surface area contributed by atoms with Gasteiger partial charge in [0.25, 0.3) is 5.56 Å². The van der Waals surface area contributed by atoms with E-state index in [9.17, 15) is 9.59 Å². The minimum atomic E-state index is -0.374. The monoisotopic (exact) mass is 684 g/mol. The number of pyridine rings is 3. The van der Waals surface area contributed by atoms with Crippen molar-refractivity contribution in [3.05, 3.63) is 70.0 Å². The van der Waals surface area contributed by atoms with Gasteiger partial charge in [-0.2, -0.15) is 0 Å². The zero-order chi connectivity index (χ0) is 35.4. The molecule has 0 amide bonds. The molecule has 3 aliphatic rings. The maximum Gasteiger partial charge on any atom is 0.302 e. The fraction of sp³-hybridized carbons (Fsp3) is 0.526. The Morgan fingerprint density at radius 1 is 1.10 bits per heavy atom. The van der Waals surface area contributed by atoms with Gasteiger partial charge in [-0.15, -0.1) is 0 Å². The summed E-state index contributed by atoms with van der Waals surface area (Å²) in [5.41, 5.74) is 6.53. The van der Waals surface area contributed by atoms with Crippen LogP contribution in [0, 0.1) is 0 Å². The van der Waals surface area contributed by atoms with Crippen molar-refractivity contribution in [3.8, 4) is 11.1 Å². The maximum atomic E-state index is 13.3. The Morgan fingerprint density at radius 2 is 1.90 bits per heavy atom. The molecule has 50 heavy (non-hydrogen) atoms. The van der Waals surface area contributed by atoms with Gasteiger partial charge in [-0.3, -0.25) is 14.5 Å². The third-order valence-corrected chi connectivity index (χ3v) is 10.3. The number of aryl methyl sites for hydroxylation is 1. The van der Waals surface area contributed by atoms with Crippen molar-refractivity contribution in [2.45, 2.75) is 78.1 Å². The number of rotatable bonds is 12. The van der Waals surface area contributed by atoms with Crippen LogP contribution in [-0.4, -0.2) is 94.9 Å². The first-order chi connectivity index (χ1) is 24.1. The van der Waals surface area contributed by atoms with Crippen molar-refractivity contribution in [1.29, 1.82) is 0 Å². The van der Waals surface area contributed by atoms with E-state index in [0.29, 0.717) is 42.0 Å². The standard InChI is InChI=1S/C38H52N8O4/c1-25-9-7-8-10-35(25)43(5)16-15-40-37-33(24-50-28(4)47)32(13-14-39-37)29-17-34(38(48)44(6)21-29)42-36-12-11-30(18-41-36)45-19-27(3)46(20-26(45)2)31-22-49-23-31/h11-14,17-18,21,26-27,31H,7-10,15-16,19-20,22-24H2,1-6H3,(H,39,40)(H,41,42)/t26-,27+/m0/s1. The number of hydrogen-bond acceptors (Lipinski definition) is 11. The lowest BCUT2D eigenvalue weighted by Gasteiger charge is -2.50. The Kier molecular flexibility index (Phi) is 11.1. The summed E-state index contributed by atoms with van der Waals surface area (Å²) in [5, 5.41) is 6.76. The molecule has 2 N–H and O–H groups in total. The molecular formula is C38H52N8O4. The predicted octanol–water partition coefficient (Wildman–Crippen LogP) is 5.14. The zero-order valence-corrected chi connectivity index (χ0v) is 30.4. The topological polar surface area (TPSA) is 117 Å². The van der Waals surface area contributed by atoms with Crippen LogP contribution in [0.4, 0.5) is 23.0 Å². The average Bonchev–Trinajstić information content (AvgIpc) is 3.07. The molecule has 2 aliphatic heterocycles. The van der Waals surface area contributed by atoms with Crippen LogP contribution in [0.15, 0.2) is 58.9 Å². The van der Waals surface area contributed by atoms with Gasteiger partial charge in [0.05, 0.1) is 31.1 Å². The number of piperazine rings is 1. The molecule has 12 nitrogen and oxygen atoms in total. The van der Waals surface area contributed by atoms with Gasteiger partial charge >= 0.3 is 5.97 Å². The number of allylic oxidation sites excluding steroid dienone is 2. The molecule has 2 fully saturated rings. The second-order valence-corrected chi connectivity index (χ2v) is 14.1. The van der Waals surface area contributed by atoms with Crippen LogP contribution in [0.2, 0.25) is 0 Å². The summed E-state index contributed by atoms with van der Waals surface area (Å²) in [7, 11) is 3.88. The van der Waals surface area contributed by atoms with Crippen molar-refractivity contribution < 1.29 is 14.3 Å². The van der Waals surface area contributed by atoms with Crippen LogP contribution in [-0.2, 0) is 27.9 Å². The molecule has 2 saturated heterocycles. The van der Waals surface area contributed by atoms with E-state index in [1.807, 2.05) is 24.4 Å². The van der Waals surface area contributed by atoms with Crippen molar-refractivity contribution in [2.75, 3.05) is 62.0 Å². The van der Waals surface area contributed by atoms with Crippen molar-refractivity contribution in [2.24, 2.45) is 7.05 Å². The molecule has 0 spiro atoms. The fourth-order valence-corrected chi connectivity index (χ4v) is 7.42. The Hall–Kier alpha value is -4.42. The molecule has 268 valence electrons. The molecule has 12 heteroatoms. The molecule has 5 heterocycles. The van der Waals surface area contributed by atoms with Gasteiger partial charge in [-0.05, 0) is 76.3 Å². The summed E-state index contributed by atoms with van der Waals surface area (Å²) < 4.78 is 12.5. The Labute approximate surface area is 295 Å². The lowest BCUT2D eigenvalue weighted by atomic mass is 9.97. The van der Waals surface area contributed by atoms with E-state index in [-0.39, 0.29) is 18.1 Å². The third kappa shape index (κ3) is 7.97. The molecule has 0 radical (unpaired) electrons. The highest BCUT2D eigenvalue weighted by Crippen LogP contribution is 2.31. The number of carbonyl (C=O) groups is 1. The number of nitrogens with one attached hydrogen (secondary N) is 2. The number of likely N-dealkylation sites (N-methyl/N-ethyl adjacent to an activating group) is 1. The lowest BCUT2D eigenvalue weighted by molar-refractivity contribution is -0.142. The highest BCUT2D eigenvalue weighted by atomic mass is 16.5. The van der Waals surface area contributed by atoms with Crippen molar-refractivity contribution >= 4 is 29.0 Å². The third-order valence-electron chi connectivity index (χ3n) is 10.3. The Balaban J connectivity index is 1.19. The van der Waals surface area contributed by atoms with Gasteiger partial charge in [0.2, 0.25) is 0 Å². The van der Waals surface area contributed by atoms with E-state index in [2.05, 4.69) is 64.2 Å². The van der Waals surface area contributed by atoms with Crippen LogP contribution < -0.4 is 21.1 Å². The smallest absolute Gasteiger partial charge is 0.302 e. The quantitative estimate of drug-likeness (QED) is 0.247. The Morgan fingerprint density at radius 3 is 2.60 bits per heavy atom. The predicted molar refractivity (Wildman–Crippen MR) is 198 cm³/mol. The van der Waals surface area contributed by atoms with E-state index < -0.39 is 0 Å². The summed E-state index contributed by atoms with van der Waals surface area (Å²) in [5.74, 6) is 0.859. The van der Waals surface area contributed by atoms with Crippen LogP contribution in [0.25, 0.3) is 11.1 Å². The first-order valence-electron chi connectivity index (χ1n) is 17.9. The first kappa shape index (κ1) is 35.4. The van der Waals surface area contributed by atoms with Gasteiger partial charge in [0.1, 0.15) is 23.9 Å². The molecule has 0 saturated carbocycles. The van der Waals surface area contributed by atoms with Gasteiger partial charge in [-0.1, -0.05) is 5.57 Å². The highest BCUT2D eigenvalue weighted by Gasteiger charge is 2.36. The number of hydrogen-bond donors (Lipinski definition) is 2.